The largest absolute Gasteiger partial charge is 0.378 e. The lowest BCUT2D eigenvalue weighted by atomic mass is 10.2. The van der Waals surface area contributed by atoms with Crippen molar-refractivity contribution >= 4 is 35.4 Å². The summed E-state index contributed by atoms with van der Waals surface area (Å²) < 4.78 is 10.9. The molecule has 1 aromatic heterocycles. The van der Waals surface area contributed by atoms with Gasteiger partial charge < -0.3 is 19.3 Å². The van der Waals surface area contributed by atoms with Gasteiger partial charge in [0.25, 0.3) is 0 Å². The van der Waals surface area contributed by atoms with Gasteiger partial charge in [0.1, 0.15) is 5.82 Å². The lowest BCUT2D eigenvalue weighted by Crippen LogP contribution is -2.39. The van der Waals surface area contributed by atoms with Crippen LogP contribution in [0.3, 0.4) is 0 Å². The molecule has 2 aliphatic heterocycles. The molecule has 148 valence electrons. The Morgan fingerprint density at radius 2 is 1.68 bits per heavy atom. The lowest BCUT2D eigenvalue weighted by Gasteiger charge is -2.31. The molecule has 1 N–H and O–H groups in total. The van der Waals surface area contributed by atoms with E-state index in [9.17, 15) is 0 Å². The first-order chi connectivity index (χ1) is 13.8. The highest BCUT2D eigenvalue weighted by atomic mass is 35.5. The first-order valence-electron chi connectivity index (χ1n) is 9.37. The molecule has 8 nitrogen and oxygen atoms in total. The number of hydrogen-bond acceptors (Lipinski definition) is 8. The summed E-state index contributed by atoms with van der Waals surface area (Å²) in [6, 6.07) is 9.44. The van der Waals surface area contributed by atoms with Crippen LogP contribution in [0.2, 0.25) is 5.02 Å². The number of hydrogen-bond donors (Lipinski definition) is 1. The van der Waals surface area contributed by atoms with Gasteiger partial charge in [0.15, 0.2) is 5.82 Å². The van der Waals surface area contributed by atoms with Gasteiger partial charge in [-0.15, -0.1) is 0 Å². The highest BCUT2D eigenvalue weighted by Gasteiger charge is 2.19. The fourth-order valence-corrected chi connectivity index (χ4v) is 3.30. The zero-order valence-electron chi connectivity index (χ0n) is 15.6. The van der Waals surface area contributed by atoms with Crippen molar-refractivity contribution in [2.75, 3.05) is 67.8 Å². The molecule has 0 spiro atoms. The molecule has 0 atom stereocenters. The second-order valence-electron chi connectivity index (χ2n) is 6.54. The molecule has 2 aliphatic rings. The fraction of sp³-hybridized carbons (Fsp3) is 0.421. The van der Waals surface area contributed by atoms with Crippen LogP contribution in [0.15, 0.2) is 35.4 Å². The van der Waals surface area contributed by atoms with E-state index < -0.39 is 0 Å². The van der Waals surface area contributed by atoms with E-state index in [1.54, 1.807) is 6.21 Å². The van der Waals surface area contributed by atoms with Crippen molar-refractivity contribution in [1.29, 1.82) is 0 Å². The van der Waals surface area contributed by atoms with Crippen LogP contribution in [0, 0.1) is 0 Å². The predicted octanol–water partition coefficient (Wildman–Crippen LogP) is 2.25. The Bertz CT molecular complexity index is 786. The molecular formula is C19H23ClN6O2. The first-order valence-corrected chi connectivity index (χ1v) is 9.75. The molecular weight excluding hydrogens is 380 g/mol. The molecule has 0 bridgehead atoms. The third-order valence-electron chi connectivity index (χ3n) is 4.57. The summed E-state index contributed by atoms with van der Waals surface area (Å²) >= 11 is 6.02. The van der Waals surface area contributed by atoms with Crippen molar-refractivity contribution in [1.82, 2.24) is 9.97 Å². The number of nitrogens with one attached hydrogen (secondary N) is 1. The van der Waals surface area contributed by atoms with Crippen molar-refractivity contribution in [3.05, 3.63) is 40.9 Å². The Labute approximate surface area is 169 Å². The summed E-state index contributed by atoms with van der Waals surface area (Å²) in [5.74, 6) is 2.21. The van der Waals surface area contributed by atoms with Crippen molar-refractivity contribution in [3.63, 3.8) is 0 Å². The minimum absolute atomic E-state index is 0.649. The Balaban J connectivity index is 1.55. The van der Waals surface area contributed by atoms with Crippen LogP contribution in [0.5, 0.6) is 0 Å². The third-order valence-corrected chi connectivity index (χ3v) is 4.81. The number of nitrogens with zero attached hydrogens (tertiary/aromatic N) is 5. The number of benzene rings is 1. The Morgan fingerprint density at radius 1 is 0.964 bits per heavy atom. The summed E-state index contributed by atoms with van der Waals surface area (Å²) in [6.07, 6.45) is 1.72. The molecule has 28 heavy (non-hydrogen) atoms. The van der Waals surface area contributed by atoms with Crippen LogP contribution in [0.1, 0.15) is 5.56 Å². The van der Waals surface area contributed by atoms with Crippen LogP contribution >= 0.6 is 11.6 Å². The smallest absolute Gasteiger partial charge is 0.229 e. The van der Waals surface area contributed by atoms with Crippen molar-refractivity contribution in [2.24, 2.45) is 5.10 Å². The van der Waals surface area contributed by atoms with Gasteiger partial charge in [-0.3, -0.25) is 5.43 Å². The number of aromatic nitrogens is 2. The standard InChI is InChI=1S/C19H23ClN6O2/c20-16-3-1-2-15(12-16)14-21-24-17-13-18(25-4-8-27-9-5-25)23-19(22-17)26-6-10-28-11-7-26/h1-3,12-14H,4-11H2,(H,22,23,24)/b21-14+. The Kier molecular flexibility index (Phi) is 6.20. The Morgan fingerprint density at radius 3 is 2.39 bits per heavy atom. The van der Waals surface area contributed by atoms with Crippen molar-refractivity contribution in [2.45, 2.75) is 0 Å². The summed E-state index contributed by atoms with van der Waals surface area (Å²) in [5, 5.41) is 4.99. The number of morpholine rings is 2. The van der Waals surface area contributed by atoms with E-state index in [1.165, 1.54) is 0 Å². The second-order valence-corrected chi connectivity index (χ2v) is 6.97. The molecule has 2 aromatic rings. The zero-order chi connectivity index (χ0) is 19.2. The molecule has 9 heteroatoms. The van der Waals surface area contributed by atoms with E-state index in [4.69, 9.17) is 26.1 Å². The van der Waals surface area contributed by atoms with Crippen LogP contribution in [-0.2, 0) is 9.47 Å². The highest BCUT2D eigenvalue weighted by Crippen LogP contribution is 2.22. The maximum absolute atomic E-state index is 6.02. The molecule has 4 rings (SSSR count). The third kappa shape index (κ3) is 4.89. The summed E-state index contributed by atoms with van der Waals surface area (Å²) in [5.41, 5.74) is 3.94. The average molecular weight is 403 g/mol. The van der Waals surface area contributed by atoms with E-state index >= 15 is 0 Å². The molecule has 0 unspecified atom stereocenters. The molecule has 0 aliphatic carbocycles. The van der Waals surface area contributed by atoms with Crippen molar-refractivity contribution < 1.29 is 9.47 Å². The number of hydrazone groups is 1. The second kappa shape index (κ2) is 9.18. The van der Waals surface area contributed by atoms with E-state index in [-0.39, 0.29) is 0 Å². The zero-order valence-corrected chi connectivity index (χ0v) is 16.3. The van der Waals surface area contributed by atoms with Gasteiger partial charge in [0.2, 0.25) is 5.95 Å². The first kappa shape index (κ1) is 18.9. The maximum Gasteiger partial charge on any atom is 0.229 e. The van der Waals surface area contributed by atoms with Gasteiger partial charge >= 0.3 is 0 Å². The van der Waals surface area contributed by atoms with Crippen LogP contribution in [0.4, 0.5) is 17.6 Å². The van der Waals surface area contributed by atoms with E-state index in [2.05, 4.69) is 25.3 Å². The van der Waals surface area contributed by atoms with E-state index in [1.807, 2.05) is 30.3 Å². The van der Waals surface area contributed by atoms with E-state index in [0.29, 0.717) is 43.2 Å². The van der Waals surface area contributed by atoms with Gasteiger partial charge in [-0.05, 0) is 17.7 Å². The van der Waals surface area contributed by atoms with Gasteiger partial charge in [-0.25, -0.2) is 0 Å². The molecule has 0 radical (unpaired) electrons. The van der Waals surface area contributed by atoms with Crippen LogP contribution in [0.25, 0.3) is 0 Å². The molecule has 3 heterocycles. The topological polar surface area (TPSA) is 75.1 Å². The molecule has 2 saturated heterocycles. The van der Waals surface area contributed by atoms with Crippen molar-refractivity contribution in [3.8, 4) is 0 Å². The predicted molar refractivity (Wildman–Crippen MR) is 111 cm³/mol. The number of anilines is 3. The monoisotopic (exact) mass is 402 g/mol. The maximum atomic E-state index is 6.02. The van der Waals surface area contributed by atoms with E-state index in [0.717, 1.165) is 37.6 Å². The number of halogens is 1. The van der Waals surface area contributed by atoms with Crippen LogP contribution in [-0.4, -0.2) is 68.8 Å². The van der Waals surface area contributed by atoms with Gasteiger partial charge in [0.05, 0.1) is 32.6 Å². The normalized spacial score (nSPS) is 17.9. The average Bonchev–Trinajstić information content (AvgIpc) is 2.75. The Hall–Kier alpha value is -2.42. The van der Waals surface area contributed by atoms with Gasteiger partial charge in [-0.2, -0.15) is 15.1 Å². The minimum Gasteiger partial charge on any atom is -0.378 e. The summed E-state index contributed by atoms with van der Waals surface area (Å²) in [4.78, 5) is 13.8. The molecule has 0 saturated carbocycles. The van der Waals surface area contributed by atoms with Gasteiger partial charge in [0, 0.05) is 37.3 Å². The number of ether oxygens (including phenoxy) is 2. The SMILES string of the molecule is Clc1cccc(/C=N/Nc2cc(N3CCOCC3)nc(N3CCOCC3)n2)c1. The lowest BCUT2D eigenvalue weighted by molar-refractivity contribution is 0.121. The molecule has 1 aromatic carbocycles. The fourth-order valence-electron chi connectivity index (χ4n) is 3.10. The van der Waals surface area contributed by atoms with Crippen LogP contribution < -0.4 is 15.2 Å². The molecule has 2 fully saturated rings. The minimum atomic E-state index is 0.649. The summed E-state index contributed by atoms with van der Waals surface area (Å²) in [7, 11) is 0. The quantitative estimate of drug-likeness (QED) is 0.607. The highest BCUT2D eigenvalue weighted by molar-refractivity contribution is 6.30. The number of rotatable bonds is 5. The summed E-state index contributed by atoms with van der Waals surface area (Å²) in [6.45, 7) is 5.94. The molecule has 0 amide bonds. The van der Waals surface area contributed by atoms with Gasteiger partial charge in [-0.1, -0.05) is 23.7 Å².